The standard InChI is InChI=1S/C10H14N2O2/c1-2-9-11-8-4-6-14-5-3-7(8)10(13)12-9/h7H,2-6H2,1H3. The van der Waals surface area contributed by atoms with Crippen LogP contribution in [-0.4, -0.2) is 30.7 Å². The van der Waals surface area contributed by atoms with E-state index in [-0.39, 0.29) is 11.8 Å². The Morgan fingerprint density at radius 2 is 2.29 bits per heavy atom. The molecule has 14 heavy (non-hydrogen) atoms. The number of aliphatic imine (C=N–C) groups is 2. The molecule has 2 aliphatic heterocycles. The number of fused-ring (bicyclic) bond motifs is 1. The minimum Gasteiger partial charge on any atom is -0.381 e. The summed E-state index contributed by atoms with van der Waals surface area (Å²) in [5.41, 5.74) is 0.972. The molecule has 76 valence electrons. The first-order valence-corrected chi connectivity index (χ1v) is 5.08. The number of amidine groups is 1. The van der Waals surface area contributed by atoms with Gasteiger partial charge in [-0.25, -0.2) is 4.99 Å². The van der Waals surface area contributed by atoms with E-state index in [4.69, 9.17) is 4.74 Å². The average Bonchev–Trinajstić information content (AvgIpc) is 2.42. The maximum atomic E-state index is 11.6. The van der Waals surface area contributed by atoms with Crippen LogP contribution in [0, 0.1) is 5.92 Å². The van der Waals surface area contributed by atoms with Crippen molar-refractivity contribution in [1.82, 2.24) is 0 Å². The van der Waals surface area contributed by atoms with Crippen molar-refractivity contribution in [2.75, 3.05) is 13.2 Å². The van der Waals surface area contributed by atoms with Crippen molar-refractivity contribution in [1.29, 1.82) is 0 Å². The Balaban J connectivity index is 2.25. The van der Waals surface area contributed by atoms with E-state index in [1.54, 1.807) is 0 Å². The summed E-state index contributed by atoms with van der Waals surface area (Å²) in [5.74, 6) is 0.535. The fourth-order valence-electron chi connectivity index (χ4n) is 1.77. The van der Waals surface area contributed by atoms with Crippen LogP contribution in [0.5, 0.6) is 0 Å². The molecule has 0 aromatic carbocycles. The number of amides is 1. The van der Waals surface area contributed by atoms with Gasteiger partial charge in [-0.2, -0.15) is 4.99 Å². The van der Waals surface area contributed by atoms with Crippen molar-refractivity contribution in [2.24, 2.45) is 15.9 Å². The van der Waals surface area contributed by atoms with Crippen molar-refractivity contribution in [3.05, 3.63) is 0 Å². The molecule has 0 aromatic heterocycles. The molecule has 2 heterocycles. The van der Waals surface area contributed by atoms with E-state index < -0.39 is 0 Å². The van der Waals surface area contributed by atoms with E-state index in [1.165, 1.54) is 0 Å². The van der Waals surface area contributed by atoms with Gasteiger partial charge in [-0.15, -0.1) is 0 Å². The lowest BCUT2D eigenvalue weighted by Gasteiger charge is -2.16. The monoisotopic (exact) mass is 194 g/mol. The summed E-state index contributed by atoms with van der Waals surface area (Å²) < 4.78 is 5.32. The molecule has 0 spiro atoms. The molecular formula is C10H14N2O2. The van der Waals surface area contributed by atoms with Gasteiger partial charge < -0.3 is 4.74 Å². The first kappa shape index (κ1) is 9.52. The van der Waals surface area contributed by atoms with Crippen LogP contribution in [-0.2, 0) is 9.53 Å². The minimum atomic E-state index is -0.104. The first-order chi connectivity index (χ1) is 6.81. The summed E-state index contributed by atoms with van der Waals surface area (Å²) in [6, 6.07) is 0. The summed E-state index contributed by atoms with van der Waals surface area (Å²) in [4.78, 5) is 20.0. The molecule has 0 saturated carbocycles. The van der Waals surface area contributed by atoms with Gasteiger partial charge in [0.25, 0.3) is 5.91 Å². The molecule has 4 nitrogen and oxygen atoms in total. The number of carbonyl (C=O) groups is 1. The summed E-state index contributed by atoms with van der Waals surface area (Å²) in [7, 11) is 0. The second-order valence-corrected chi connectivity index (χ2v) is 3.53. The van der Waals surface area contributed by atoms with E-state index in [1.807, 2.05) is 6.92 Å². The van der Waals surface area contributed by atoms with Gasteiger partial charge in [-0.1, -0.05) is 6.92 Å². The molecule has 4 heteroatoms. The molecule has 1 saturated heterocycles. The van der Waals surface area contributed by atoms with Gasteiger partial charge in [0.2, 0.25) is 0 Å². The second-order valence-electron chi connectivity index (χ2n) is 3.53. The fourth-order valence-corrected chi connectivity index (χ4v) is 1.77. The van der Waals surface area contributed by atoms with E-state index in [0.29, 0.717) is 19.0 Å². The quantitative estimate of drug-likeness (QED) is 0.629. The van der Waals surface area contributed by atoms with Crippen LogP contribution < -0.4 is 0 Å². The van der Waals surface area contributed by atoms with Crippen molar-refractivity contribution >= 4 is 17.5 Å². The SMILES string of the molecule is CCC1=NC(=O)C2CCOCCC2=N1. The summed E-state index contributed by atoms with van der Waals surface area (Å²) in [6.45, 7) is 3.29. The third-order valence-electron chi connectivity index (χ3n) is 2.58. The van der Waals surface area contributed by atoms with Crippen LogP contribution in [0.4, 0.5) is 0 Å². The van der Waals surface area contributed by atoms with Gasteiger partial charge >= 0.3 is 0 Å². The molecule has 0 N–H and O–H groups in total. The lowest BCUT2D eigenvalue weighted by atomic mass is 9.96. The van der Waals surface area contributed by atoms with Gasteiger partial charge in [0, 0.05) is 25.2 Å². The van der Waals surface area contributed by atoms with Gasteiger partial charge in [0.15, 0.2) is 0 Å². The smallest absolute Gasteiger partial charge is 0.256 e. The normalized spacial score (nSPS) is 27.5. The Morgan fingerprint density at radius 3 is 3.07 bits per heavy atom. The largest absolute Gasteiger partial charge is 0.381 e. The zero-order valence-electron chi connectivity index (χ0n) is 8.32. The van der Waals surface area contributed by atoms with Crippen LogP contribution in [0.1, 0.15) is 26.2 Å². The highest BCUT2D eigenvalue weighted by atomic mass is 16.5. The highest BCUT2D eigenvalue weighted by Crippen LogP contribution is 2.19. The highest BCUT2D eigenvalue weighted by Gasteiger charge is 2.29. The summed E-state index contributed by atoms with van der Waals surface area (Å²) >= 11 is 0. The number of carbonyl (C=O) groups excluding carboxylic acids is 1. The molecule has 2 aliphatic rings. The van der Waals surface area contributed by atoms with Crippen LogP contribution in [0.15, 0.2) is 9.98 Å². The van der Waals surface area contributed by atoms with E-state index in [0.717, 1.165) is 25.0 Å². The lowest BCUT2D eigenvalue weighted by Crippen LogP contribution is -2.28. The number of ether oxygens (including phenoxy) is 1. The Morgan fingerprint density at radius 1 is 1.43 bits per heavy atom. The predicted octanol–water partition coefficient (Wildman–Crippen LogP) is 1.20. The Bertz CT molecular complexity index is 307. The Labute approximate surface area is 83.1 Å². The van der Waals surface area contributed by atoms with Crippen molar-refractivity contribution in [3.8, 4) is 0 Å². The number of rotatable bonds is 1. The maximum absolute atomic E-state index is 11.6. The van der Waals surface area contributed by atoms with Gasteiger partial charge in [0.05, 0.1) is 12.5 Å². The third-order valence-corrected chi connectivity index (χ3v) is 2.58. The molecular weight excluding hydrogens is 180 g/mol. The zero-order valence-corrected chi connectivity index (χ0v) is 8.32. The van der Waals surface area contributed by atoms with Gasteiger partial charge in [-0.3, -0.25) is 4.79 Å². The van der Waals surface area contributed by atoms with Gasteiger partial charge in [0.1, 0.15) is 5.84 Å². The summed E-state index contributed by atoms with van der Waals surface area (Å²) in [6.07, 6.45) is 2.23. The van der Waals surface area contributed by atoms with Crippen LogP contribution in [0.3, 0.4) is 0 Å². The maximum Gasteiger partial charge on any atom is 0.256 e. The molecule has 0 bridgehead atoms. The van der Waals surface area contributed by atoms with E-state index in [2.05, 4.69) is 9.98 Å². The van der Waals surface area contributed by atoms with Gasteiger partial charge in [-0.05, 0) is 6.42 Å². The van der Waals surface area contributed by atoms with Crippen LogP contribution in [0.25, 0.3) is 0 Å². The molecule has 2 rings (SSSR count). The molecule has 1 unspecified atom stereocenters. The molecule has 0 aliphatic carbocycles. The van der Waals surface area contributed by atoms with Crippen molar-refractivity contribution in [3.63, 3.8) is 0 Å². The van der Waals surface area contributed by atoms with Crippen molar-refractivity contribution < 1.29 is 9.53 Å². The third kappa shape index (κ3) is 1.75. The Kier molecular flexibility index (Phi) is 2.72. The predicted molar refractivity (Wildman–Crippen MR) is 53.7 cm³/mol. The molecule has 1 fully saturated rings. The molecule has 1 atom stereocenters. The van der Waals surface area contributed by atoms with Crippen LogP contribution in [0.2, 0.25) is 0 Å². The Hall–Kier alpha value is -1.03. The second kappa shape index (κ2) is 4.00. The molecule has 0 aromatic rings. The topological polar surface area (TPSA) is 51.0 Å². The fraction of sp³-hybridized carbons (Fsp3) is 0.700. The molecule has 0 radical (unpaired) electrons. The lowest BCUT2D eigenvalue weighted by molar-refractivity contribution is -0.120. The minimum absolute atomic E-state index is 0.0302. The van der Waals surface area contributed by atoms with Crippen LogP contribution >= 0.6 is 0 Å². The van der Waals surface area contributed by atoms with Crippen molar-refractivity contribution in [2.45, 2.75) is 26.2 Å². The number of nitrogens with zero attached hydrogens (tertiary/aromatic N) is 2. The van der Waals surface area contributed by atoms with E-state index >= 15 is 0 Å². The molecule has 1 amide bonds. The zero-order chi connectivity index (χ0) is 9.97. The average molecular weight is 194 g/mol. The first-order valence-electron chi connectivity index (χ1n) is 5.08. The highest BCUT2D eigenvalue weighted by molar-refractivity contribution is 6.16. The number of hydrogen-bond acceptors (Lipinski definition) is 3. The van der Waals surface area contributed by atoms with E-state index in [9.17, 15) is 4.79 Å². The summed E-state index contributed by atoms with van der Waals surface area (Å²) in [5, 5.41) is 0. The number of hydrogen-bond donors (Lipinski definition) is 0.